The van der Waals surface area contributed by atoms with E-state index in [1.165, 1.54) is 0 Å². The van der Waals surface area contributed by atoms with Gasteiger partial charge in [-0.05, 0) is 12.1 Å². The molecule has 0 aliphatic carbocycles. The summed E-state index contributed by atoms with van der Waals surface area (Å²) in [5.41, 5.74) is -0.294. The number of nitrogens with zero attached hydrogens (tertiary/aromatic N) is 1. The number of esters is 5. The van der Waals surface area contributed by atoms with E-state index >= 15 is 0 Å². The van der Waals surface area contributed by atoms with Gasteiger partial charge in [0.15, 0.2) is 12.2 Å². The summed E-state index contributed by atoms with van der Waals surface area (Å²) in [5, 5.41) is 21.2. The Hall–Kier alpha value is -4.07. The van der Waals surface area contributed by atoms with Crippen LogP contribution in [0.3, 0.4) is 0 Å². The number of non-ortho nitro benzene ring substituents is 1. The van der Waals surface area contributed by atoms with E-state index in [0.717, 1.165) is 52.0 Å². The van der Waals surface area contributed by atoms with Crippen molar-refractivity contribution in [3.63, 3.8) is 0 Å². The lowest BCUT2D eigenvalue weighted by molar-refractivity contribution is -0.384. The van der Waals surface area contributed by atoms with E-state index in [-0.39, 0.29) is 11.4 Å². The maximum Gasteiger partial charge on any atom is 0.356 e. The Bertz CT molecular complexity index is 927. The molecule has 14 heteroatoms. The number of hydrogen-bond acceptors (Lipinski definition) is 13. The van der Waals surface area contributed by atoms with Crippen molar-refractivity contribution >= 4 is 35.5 Å². The van der Waals surface area contributed by atoms with Crippen LogP contribution < -0.4 is 4.74 Å². The molecule has 4 atom stereocenters. The van der Waals surface area contributed by atoms with E-state index in [1.807, 2.05) is 0 Å². The first-order valence-corrected chi connectivity index (χ1v) is 9.61. The van der Waals surface area contributed by atoms with Crippen LogP contribution in [-0.2, 0) is 42.9 Å². The summed E-state index contributed by atoms with van der Waals surface area (Å²) >= 11 is 0. The largest absolute Gasteiger partial charge is 0.463 e. The average molecular weight is 485 g/mol. The molecule has 0 aliphatic rings. The van der Waals surface area contributed by atoms with Crippen LogP contribution in [-0.4, -0.2) is 70.9 Å². The zero-order chi connectivity index (χ0) is 26.0. The summed E-state index contributed by atoms with van der Waals surface area (Å²) < 4.78 is 24.7. The van der Waals surface area contributed by atoms with Crippen LogP contribution in [0.4, 0.5) is 5.69 Å². The lowest BCUT2D eigenvalue weighted by Gasteiger charge is -2.32. The summed E-state index contributed by atoms with van der Waals surface area (Å²) in [4.78, 5) is 69.0. The number of hydrogen-bond donors (Lipinski definition) is 1. The van der Waals surface area contributed by atoms with E-state index in [1.54, 1.807) is 0 Å². The summed E-state index contributed by atoms with van der Waals surface area (Å²) in [6, 6.07) is 4.25. The topological polar surface area (TPSA) is 195 Å². The van der Waals surface area contributed by atoms with Gasteiger partial charge in [0.05, 0.1) is 4.92 Å². The fourth-order valence-electron chi connectivity index (χ4n) is 2.58. The van der Waals surface area contributed by atoms with Gasteiger partial charge in [0, 0.05) is 39.8 Å². The summed E-state index contributed by atoms with van der Waals surface area (Å²) in [6.45, 7) is 3.12. The highest BCUT2D eigenvalue weighted by atomic mass is 16.6. The third-order valence-electron chi connectivity index (χ3n) is 3.85. The molecule has 0 fully saturated rings. The number of rotatable bonds is 11. The van der Waals surface area contributed by atoms with Crippen LogP contribution in [0, 0.1) is 10.1 Å². The molecule has 0 saturated carbocycles. The van der Waals surface area contributed by atoms with Gasteiger partial charge >= 0.3 is 29.8 Å². The number of nitro groups is 1. The van der Waals surface area contributed by atoms with Crippen LogP contribution >= 0.6 is 0 Å². The minimum absolute atomic E-state index is 0.196. The normalized spacial score (nSPS) is 13.9. The van der Waals surface area contributed by atoms with Gasteiger partial charge in [0.2, 0.25) is 6.10 Å². The number of aliphatic hydroxyl groups excluding tert-OH is 1. The number of nitro benzene ring substituents is 1. The Morgan fingerprint density at radius 3 is 1.79 bits per heavy atom. The molecule has 1 aromatic rings. The second kappa shape index (κ2) is 12.8. The van der Waals surface area contributed by atoms with Crippen molar-refractivity contribution in [2.45, 2.75) is 52.1 Å². The molecule has 1 N–H and O–H groups in total. The summed E-state index contributed by atoms with van der Waals surface area (Å²) in [6.07, 6.45) is -7.65. The Morgan fingerprint density at radius 2 is 1.35 bits per heavy atom. The van der Waals surface area contributed by atoms with E-state index < -0.39 is 65.8 Å². The highest BCUT2D eigenvalue weighted by Crippen LogP contribution is 2.22. The second-order valence-corrected chi connectivity index (χ2v) is 6.72. The van der Waals surface area contributed by atoms with Gasteiger partial charge in [0.1, 0.15) is 18.5 Å². The Balaban J connectivity index is 3.34. The van der Waals surface area contributed by atoms with Gasteiger partial charge in [0.25, 0.3) is 5.69 Å². The van der Waals surface area contributed by atoms with Crippen LogP contribution in [0.1, 0.15) is 27.7 Å². The van der Waals surface area contributed by atoms with E-state index in [4.69, 9.17) is 18.9 Å². The number of aliphatic hydroxyl groups is 1. The minimum Gasteiger partial charge on any atom is -0.463 e. The molecule has 0 radical (unpaired) electrons. The first kappa shape index (κ1) is 28.0. The van der Waals surface area contributed by atoms with Gasteiger partial charge in [-0.2, -0.15) is 0 Å². The first-order chi connectivity index (χ1) is 15.8. The smallest absolute Gasteiger partial charge is 0.356 e. The highest BCUT2D eigenvalue weighted by Gasteiger charge is 2.46. The van der Waals surface area contributed by atoms with E-state index in [0.29, 0.717) is 0 Å². The standard InChI is InChI=1S/C20H23NO13/c1-10(22)30-9-16(26)17(31-11(2)23)18(32-12(3)24)19(33-13(4)25)20(27)34-15-7-5-14(6-8-15)21(28)29/h5-8,16-19,26H,9H2,1-4H3/t16-,17-,18+,19-/m1/s1. The molecule has 0 amide bonds. The Labute approximate surface area is 192 Å². The predicted octanol–water partition coefficient (Wildman–Crippen LogP) is 0.219. The van der Waals surface area contributed by atoms with Crippen molar-refractivity contribution in [3.05, 3.63) is 34.4 Å². The van der Waals surface area contributed by atoms with Gasteiger partial charge in [-0.1, -0.05) is 0 Å². The SMILES string of the molecule is CC(=O)OC[C@@H](O)[C@@H](OC(C)=O)[C@H](OC(C)=O)[C@@H](OC(C)=O)C(=O)Oc1ccc([N+](=O)[O-])cc1. The maximum atomic E-state index is 12.8. The second-order valence-electron chi connectivity index (χ2n) is 6.72. The molecular weight excluding hydrogens is 462 g/mol. The molecule has 0 aliphatic heterocycles. The minimum atomic E-state index is -2.06. The quantitative estimate of drug-likeness (QED) is 0.147. The van der Waals surface area contributed by atoms with Crippen molar-refractivity contribution < 1.29 is 57.7 Å². The van der Waals surface area contributed by atoms with E-state index in [2.05, 4.69) is 4.74 Å². The number of ether oxygens (including phenoxy) is 5. The Morgan fingerprint density at radius 1 is 0.853 bits per heavy atom. The zero-order valence-electron chi connectivity index (χ0n) is 18.6. The molecule has 0 bridgehead atoms. The monoisotopic (exact) mass is 485 g/mol. The van der Waals surface area contributed by atoms with Crippen LogP contribution in [0.25, 0.3) is 0 Å². The third-order valence-corrected chi connectivity index (χ3v) is 3.85. The van der Waals surface area contributed by atoms with Gasteiger partial charge in [-0.15, -0.1) is 0 Å². The lowest BCUT2D eigenvalue weighted by Crippen LogP contribution is -2.55. The van der Waals surface area contributed by atoms with Crippen LogP contribution in [0.5, 0.6) is 5.75 Å². The van der Waals surface area contributed by atoms with E-state index in [9.17, 15) is 39.2 Å². The Kier molecular flexibility index (Phi) is 10.6. The summed E-state index contributed by atoms with van der Waals surface area (Å²) in [5.74, 6) is -5.33. The van der Waals surface area contributed by atoms with Crippen molar-refractivity contribution in [2.24, 2.45) is 0 Å². The van der Waals surface area contributed by atoms with Gasteiger partial charge < -0.3 is 28.8 Å². The van der Waals surface area contributed by atoms with Crippen LogP contribution in [0.15, 0.2) is 24.3 Å². The number of benzene rings is 1. The molecule has 1 aromatic carbocycles. The zero-order valence-corrected chi connectivity index (χ0v) is 18.6. The molecule has 0 unspecified atom stereocenters. The maximum absolute atomic E-state index is 12.8. The van der Waals surface area contributed by atoms with Crippen molar-refractivity contribution in [3.8, 4) is 5.75 Å². The predicted molar refractivity (Wildman–Crippen MR) is 108 cm³/mol. The number of carbonyl (C=O) groups is 5. The van der Waals surface area contributed by atoms with Crippen LogP contribution in [0.2, 0.25) is 0 Å². The fourth-order valence-corrected chi connectivity index (χ4v) is 2.58. The third kappa shape index (κ3) is 9.20. The molecular formula is C20H23NO13. The molecule has 0 spiro atoms. The molecule has 186 valence electrons. The van der Waals surface area contributed by atoms with Crippen molar-refractivity contribution in [1.29, 1.82) is 0 Å². The average Bonchev–Trinajstić information content (AvgIpc) is 2.72. The molecule has 0 saturated heterocycles. The molecule has 1 rings (SSSR count). The summed E-state index contributed by atoms with van der Waals surface area (Å²) in [7, 11) is 0. The number of carbonyl (C=O) groups excluding carboxylic acids is 5. The fraction of sp³-hybridized carbons (Fsp3) is 0.450. The van der Waals surface area contributed by atoms with Crippen molar-refractivity contribution in [2.75, 3.05) is 6.61 Å². The molecule has 0 heterocycles. The first-order valence-electron chi connectivity index (χ1n) is 9.61. The van der Waals surface area contributed by atoms with Gasteiger partial charge in [-0.3, -0.25) is 29.3 Å². The molecule has 0 aromatic heterocycles. The molecule has 14 nitrogen and oxygen atoms in total. The molecule has 34 heavy (non-hydrogen) atoms. The van der Waals surface area contributed by atoms with Gasteiger partial charge in [-0.25, -0.2) is 4.79 Å². The highest BCUT2D eigenvalue weighted by molar-refractivity contribution is 5.82. The van der Waals surface area contributed by atoms with Crippen molar-refractivity contribution in [1.82, 2.24) is 0 Å². The lowest BCUT2D eigenvalue weighted by atomic mass is 10.0.